The van der Waals surface area contributed by atoms with E-state index in [9.17, 15) is 24.3 Å². The summed E-state index contributed by atoms with van der Waals surface area (Å²) in [5, 5.41) is 23.3. The average molecular weight is 454 g/mol. The molecule has 1 saturated heterocycles. The van der Waals surface area contributed by atoms with Gasteiger partial charge in [0.15, 0.2) is 5.96 Å². The molecule has 0 aromatic carbocycles. The number of thioether (sulfide) groups is 1. The minimum atomic E-state index is -1.75. The van der Waals surface area contributed by atoms with Crippen LogP contribution in [-0.4, -0.2) is 63.1 Å². The van der Waals surface area contributed by atoms with E-state index in [1.54, 1.807) is 12.1 Å². The number of hydrogen-bond acceptors (Lipinski definition) is 8. The molecule has 0 spiro atoms. The molecular weight excluding hydrogens is 434 g/mol. The molecule has 13 heteroatoms. The zero-order chi connectivity index (χ0) is 22.1. The standard InChI is InChI=1S/C17H19N5O6S2/c1-8(23)28-6-9-7-30-15-17(21-16(18)19,14(27)22(15)12(9)13(25)26)20-11(24)5-10-3-2-4-29-10/h2-4,15H,5-7H2,1H3,(H,20,24)(H,25,26)(H4,18,19,21)/t15-,17-/m1/s1. The number of amides is 2. The van der Waals surface area contributed by atoms with Gasteiger partial charge >= 0.3 is 11.9 Å². The Morgan fingerprint density at radius 2 is 2.17 bits per heavy atom. The molecule has 2 aliphatic rings. The highest BCUT2D eigenvalue weighted by Gasteiger charge is 2.66. The number of thiophene rings is 1. The minimum absolute atomic E-state index is 0.0169. The third kappa shape index (κ3) is 3.98. The second-order valence-electron chi connectivity index (χ2n) is 6.53. The number of ether oxygens (including phenoxy) is 1. The smallest absolute Gasteiger partial charge is 0.352 e. The molecule has 2 aliphatic heterocycles. The normalized spacial score (nSPS) is 22.6. The van der Waals surface area contributed by atoms with Crippen molar-refractivity contribution in [3.63, 3.8) is 0 Å². The van der Waals surface area contributed by atoms with Gasteiger partial charge in [-0.3, -0.25) is 24.7 Å². The van der Waals surface area contributed by atoms with Gasteiger partial charge in [-0.2, -0.15) is 0 Å². The van der Waals surface area contributed by atoms with Crippen molar-refractivity contribution < 1.29 is 29.0 Å². The Morgan fingerprint density at radius 3 is 2.73 bits per heavy atom. The van der Waals surface area contributed by atoms with Crippen LogP contribution >= 0.6 is 23.1 Å². The van der Waals surface area contributed by atoms with Gasteiger partial charge < -0.3 is 26.2 Å². The first kappa shape index (κ1) is 21.6. The van der Waals surface area contributed by atoms with Crippen LogP contribution in [0.5, 0.6) is 0 Å². The van der Waals surface area contributed by atoms with E-state index in [2.05, 4.69) is 10.6 Å². The monoisotopic (exact) mass is 453 g/mol. The average Bonchev–Trinajstić information content (AvgIpc) is 3.16. The van der Waals surface area contributed by atoms with Gasteiger partial charge in [0.1, 0.15) is 17.7 Å². The SMILES string of the molecule is CC(=O)OCC1=C(C(=O)O)N2C(=O)[C@](NC(=N)N)(NC(=O)Cc3cccs3)[C@H]2SC1. The first-order valence-electron chi connectivity index (χ1n) is 8.65. The van der Waals surface area contributed by atoms with Crippen molar-refractivity contribution in [3.8, 4) is 0 Å². The minimum Gasteiger partial charge on any atom is -0.477 e. The summed E-state index contributed by atoms with van der Waals surface area (Å²) in [6.45, 7) is 0.928. The van der Waals surface area contributed by atoms with E-state index >= 15 is 0 Å². The molecule has 3 heterocycles. The summed E-state index contributed by atoms with van der Waals surface area (Å²) >= 11 is 2.54. The first-order valence-corrected chi connectivity index (χ1v) is 10.6. The number of carbonyl (C=O) groups is 4. The van der Waals surface area contributed by atoms with E-state index in [1.165, 1.54) is 18.3 Å². The van der Waals surface area contributed by atoms with Gasteiger partial charge in [-0.25, -0.2) is 4.79 Å². The number of esters is 1. The summed E-state index contributed by atoms with van der Waals surface area (Å²) in [6, 6.07) is 3.56. The number of carboxylic acid groups (broad SMARTS) is 1. The number of β-lactam (4-membered cyclic amide) rings is 1. The van der Waals surface area contributed by atoms with E-state index in [-0.39, 0.29) is 30.1 Å². The molecule has 0 aliphatic carbocycles. The third-order valence-electron chi connectivity index (χ3n) is 4.39. The van der Waals surface area contributed by atoms with Gasteiger partial charge in [0.2, 0.25) is 11.6 Å². The van der Waals surface area contributed by atoms with Crippen LogP contribution in [0.4, 0.5) is 0 Å². The Hall–Kier alpha value is -3.06. The van der Waals surface area contributed by atoms with Crippen molar-refractivity contribution in [1.82, 2.24) is 15.5 Å². The van der Waals surface area contributed by atoms with Crippen LogP contribution in [0.25, 0.3) is 0 Å². The maximum absolute atomic E-state index is 13.1. The fourth-order valence-corrected chi connectivity index (χ4v) is 5.33. The quantitative estimate of drug-likeness (QED) is 0.119. The molecule has 0 unspecified atom stereocenters. The summed E-state index contributed by atoms with van der Waals surface area (Å²) < 4.78 is 4.89. The number of guanidine groups is 1. The van der Waals surface area contributed by atoms with Crippen LogP contribution in [0.1, 0.15) is 11.8 Å². The lowest BCUT2D eigenvalue weighted by Gasteiger charge is -2.57. The van der Waals surface area contributed by atoms with Crippen LogP contribution in [0.15, 0.2) is 28.8 Å². The number of carboxylic acids is 1. The molecule has 11 nitrogen and oxygen atoms in total. The van der Waals surface area contributed by atoms with E-state index in [0.717, 1.165) is 21.5 Å². The Labute approximate surface area is 179 Å². The molecule has 2 amide bonds. The van der Waals surface area contributed by atoms with Crippen LogP contribution in [0.3, 0.4) is 0 Å². The van der Waals surface area contributed by atoms with Gasteiger partial charge in [-0.1, -0.05) is 6.07 Å². The number of nitrogens with one attached hydrogen (secondary N) is 3. The molecule has 0 radical (unpaired) electrons. The van der Waals surface area contributed by atoms with Crippen molar-refractivity contribution in [1.29, 1.82) is 5.41 Å². The molecule has 0 bridgehead atoms. The fourth-order valence-electron chi connectivity index (χ4n) is 3.23. The highest BCUT2D eigenvalue weighted by atomic mass is 32.2. The number of aliphatic carboxylic acids is 1. The third-order valence-corrected chi connectivity index (χ3v) is 6.66. The molecule has 6 N–H and O–H groups in total. The zero-order valence-electron chi connectivity index (χ0n) is 15.8. The van der Waals surface area contributed by atoms with Crippen molar-refractivity contribution in [3.05, 3.63) is 33.7 Å². The summed E-state index contributed by atoms with van der Waals surface area (Å²) in [7, 11) is 0. The highest BCUT2D eigenvalue weighted by Crippen LogP contribution is 2.45. The molecule has 160 valence electrons. The lowest BCUT2D eigenvalue weighted by Crippen LogP contribution is -2.86. The number of nitrogens with zero attached hydrogens (tertiary/aromatic N) is 1. The molecular formula is C17H19N5O6S2. The number of rotatable bonds is 7. The Morgan fingerprint density at radius 1 is 1.43 bits per heavy atom. The van der Waals surface area contributed by atoms with Gasteiger partial charge in [-0.05, 0) is 11.4 Å². The van der Waals surface area contributed by atoms with E-state index in [0.29, 0.717) is 0 Å². The summed E-state index contributed by atoms with van der Waals surface area (Å²) in [4.78, 5) is 50.3. The maximum Gasteiger partial charge on any atom is 0.352 e. The number of fused-ring (bicyclic) bond motifs is 1. The van der Waals surface area contributed by atoms with Crippen molar-refractivity contribution in [2.75, 3.05) is 12.4 Å². The molecule has 1 aromatic heterocycles. The first-order chi connectivity index (χ1) is 14.2. The van der Waals surface area contributed by atoms with Crippen LogP contribution in [0, 0.1) is 5.41 Å². The number of nitrogens with two attached hydrogens (primary N) is 1. The van der Waals surface area contributed by atoms with Gasteiger partial charge in [0.25, 0.3) is 5.91 Å². The van der Waals surface area contributed by atoms with E-state index in [1.807, 2.05) is 5.38 Å². The van der Waals surface area contributed by atoms with Crippen molar-refractivity contribution >= 4 is 52.8 Å². The topological polar surface area (TPSA) is 175 Å². The lowest BCUT2D eigenvalue weighted by atomic mass is 9.94. The van der Waals surface area contributed by atoms with Gasteiger partial charge in [0.05, 0.1) is 6.42 Å². The second kappa shape index (κ2) is 8.36. The summed E-state index contributed by atoms with van der Waals surface area (Å²) in [6.07, 6.45) is 0.0169. The predicted octanol–water partition coefficient (Wildman–Crippen LogP) is -0.597. The molecule has 30 heavy (non-hydrogen) atoms. The van der Waals surface area contributed by atoms with Gasteiger partial charge in [-0.15, -0.1) is 23.1 Å². The summed E-state index contributed by atoms with van der Waals surface area (Å²) in [5.74, 6) is -3.60. The van der Waals surface area contributed by atoms with E-state index in [4.69, 9.17) is 15.9 Å². The van der Waals surface area contributed by atoms with Crippen LogP contribution in [0.2, 0.25) is 0 Å². The van der Waals surface area contributed by atoms with E-state index < -0.39 is 40.7 Å². The molecule has 0 saturated carbocycles. The predicted molar refractivity (Wildman–Crippen MR) is 108 cm³/mol. The highest BCUT2D eigenvalue weighted by molar-refractivity contribution is 8.00. The lowest BCUT2D eigenvalue weighted by molar-refractivity contribution is -0.160. The molecule has 3 rings (SSSR count). The zero-order valence-corrected chi connectivity index (χ0v) is 17.4. The largest absolute Gasteiger partial charge is 0.477 e. The molecule has 2 atom stereocenters. The second-order valence-corrected chi connectivity index (χ2v) is 8.63. The molecule has 1 fully saturated rings. The maximum atomic E-state index is 13.1. The van der Waals surface area contributed by atoms with Crippen molar-refractivity contribution in [2.45, 2.75) is 24.4 Å². The van der Waals surface area contributed by atoms with Crippen molar-refractivity contribution in [2.24, 2.45) is 5.73 Å². The fraction of sp³-hybridized carbons (Fsp3) is 0.353. The Bertz CT molecular complexity index is 946. The van der Waals surface area contributed by atoms with Crippen LogP contribution in [-0.2, 0) is 30.3 Å². The number of hydrogen-bond donors (Lipinski definition) is 5. The van der Waals surface area contributed by atoms with Crippen LogP contribution < -0.4 is 16.4 Å². The van der Waals surface area contributed by atoms with Gasteiger partial charge in [0, 0.05) is 23.1 Å². The Balaban J connectivity index is 1.88. The Kier molecular flexibility index (Phi) is 6.03. The number of carbonyl (C=O) groups excluding carboxylic acids is 3. The summed E-state index contributed by atoms with van der Waals surface area (Å²) in [5.41, 5.74) is 3.64. The molecule has 1 aromatic rings.